The van der Waals surface area contributed by atoms with E-state index in [2.05, 4.69) is 15.4 Å². The zero-order chi connectivity index (χ0) is 23.8. The summed E-state index contributed by atoms with van der Waals surface area (Å²) < 4.78 is 52.8. The molecule has 1 aliphatic rings. The van der Waals surface area contributed by atoms with Gasteiger partial charge in [-0.25, -0.2) is 4.98 Å². The normalized spacial score (nSPS) is 16.8. The predicted octanol–water partition coefficient (Wildman–Crippen LogP) is 4.56. The Labute approximate surface area is 188 Å². The van der Waals surface area contributed by atoms with Crippen molar-refractivity contribution in [3.05, 3.63) is 41.1 Å². The second-order valence-electron chi connectivity index (χ2n) is 8.09. The summed E-state index contributed by atoms with van der Waals surface area (Å²) in [6, 6.07) is 3.91. The van der Waals surface area contributed by atoms with Gasteiger partial charge in [-0.3, -0.25) is 9.48 Å². The van der Waals surface area contributed by atoms with Crippen LogP contribution in [0.15, 0.2) is 24.4 Å². The van der Waals surface area contributed by atoms with Crippen molar-refractivity contribution in [2.75, 3.05) is 19.9 Å². The number of carbonyl (C=O) groups is 1. The number of rotatable bonds is 6. The third-order valence-electron chi connectivity index (χ3n) is 5.72. The lowest BCUT2D eigenvalue weighted by atomic mass is 9.99. The summed E-state index contributed by atoms with van der Waals surface area (Å²) in [7, 11) is 0. The molecule has 1 fully saturated rings. The van der Waals surface area contributed by atoms with Crippen LogP contribution in [-0.2, 0) is 15.7 Å². The van der Waals surface area contributed by atoms with Crippen molar-refractivity contribution in [2.45, 2.75) is 45.8 Å². The molecule has 1 N–H and O–H groups in total. The zero-order valence-electron chi connectivity index (χ0n) is 18.6. The molecule has 3 aromatic rings. The summed E-state index contributed by atoms with van der Waals surface area (Å²) in [4.78, 5) is 16.1. The molecule has 0 radical (unpaired) electrons. The monoisotopic (exact) mass is 462 g/mol. The van der Waals surface area contributed by atoms with Crippen LogP contribution < -0.4 is 10.1 Å². The number of carbonyl (C=O) groups excluding carboxylic acids is 1. The van der Waals surface area contributed by atoms with Crippen molar-refractivity contribution >= 4 is 16.9 Å². The number of halogens is 3. The van der Waals surface area contributed by atoms with Crippen molar-refractivity contribution in [1.82, 2.24) is 20.1 Å². The molecule has 4 rings (SSSR count). The van der Waals surface area contributed by atoms with E-state index in [0.717, 1.165) is 23.1 Å². The van der Waals surface area contributed by atoms with Crippen LogP contribution in [0.4, 0.5) is 13.2 Å². The number of nitrogens with one attached hydrogen (secondary N) is 1. The number of piperidine rings is 1. The van der Waals surface area contributed by atoms with E-state index in [1.165, 1.54) is 0 Å². The molecule has 0 saturated carbocycles. The molecule has 1 aliphatic heterocycles. The van der Waals surface area contributed by atoms with Gasteiger partial charge in [0.1, 0.15) is 5.75 Å². The molecule has 3 heterocycles. The Balaban J connectivity index is 1.77. The Hall–Kier alpha value is -3.14. The van der Waals surface area contributed by atoms with Crippen LogP contribution in [0.3, 0.4) is 0 Å². The van der Waals surface area contributed by atoms with Gasteiger partial charge in [-0.2, -0.15) is 18.3 Å². The minimum atomic E-state index is -4.51. The zero-order valence-corrected chi connectivity index (χ0v) is 18.6. The van der Waals surface area contributed by atoms with Crippen molar-refractivity contribution < 1.29 is 27.4 Å². The summed E-state index contributed by atoms with van der Waals surface area (Å²) in [5.74, 6) is 0.0772. The average molecular weight is 462 g/mol. The fourth-order valence-electron chi connectivity index (χ4n) is 3.98. The van der Waals surface area contributed by atoms with E-state index >= 15 is 0 Å². The molecule has 0 spiro atoms. The van der Waals surface area contributed by atoms with Gasteiger partial charge < -0.3 is 14.8 Å². The van der Waals surface area contributed by atoms with Crippen LogP contribution in [0.1, 0.15) is 42.5 Å². The van der Waals surface area contributed by atoms with Gasteiger partial charge in [-0.1, -0.05) is 0 Å². The molecule has 33 heavy (non-hydrogen) atoms. The van der Waals surface area contributed by atoms with Crippen molar-refractivity contribution in [1.29, 1.82) is 0 Å². The lowest BCUT2D eigenvalue weighted by molar-refractivity contribution is -0.137. The Kier molecular flexibility index (Phi) is 6.29. The number of hydrogen-bond donors (Lipinski definition) is 1. The number of aromatic nitrogens is 3. The van der Waals surface area contributed by atoms with Crippen LogP contribution in [0.5, 0.6) is 5.75 Å². The van der Waals surface area contributed by atoms with E-state index < -0.39 is 11.7 Å². The molecule has 1 aromatic carbocycles. The second kappa shape index (κ2) is 9.01. The van der Waals surface area contributed by atoms with Gasteiger partial charge in [-0.15, -0.1) is 0 Å². The smallest absolute Gasteiger partial charge is 0.416 e. The number of aryl methyl sites for hydroxylation is 2. The van der Waals surface area contributed by atoms with Crippen LogP contribution in [-0.4, -0.2) is 40.6 Å². The van der Waals surface area contributed by atoms with E-state index in [4.69, 9.17) is 9.47 Å². The maximum absolute atomic E-state index is 13.4. The molecule has 0 bridgehead atoms. The van der Waals surface area contributed by atoms with E-state index in [-0.39, 0.29) is 24.5 Å². The summed E-state index contributed by atoms with van der Waals surface area (Å²) in [5.41, 5.74) is 1.90. The minimum absolute atomic E-state index is 0.0249. The lowest BCUT2D eigenvalue weighted by Crippen LogP contribution is -2.36. The van der Waals surface area contributed by atoms with Crippen molar-refractivity contribution in [3.63, 3.8) is 0 Å². The highest BCUT2D eigenvalue weighted by atomic mass is 19.4. The first-order chi connectivity index (χ1) is 15.7. The number of ether oxygens (including phenoxy) is 2. The quantitative estimate of drug-likeness (QED) is 0.429. The van der Waals surface area contributed by atoms with Gasteiger partial charge in [0.2, 0.25) is 5.91 Å². The van der Waals surface area contributed by atoms with Crippen molar-refractivity contribution in [2.24, 2.45) is 0 Å². The largest absolute Gasteiger partial charge is 0.467 e. The van der Waals surface area contributed by atoms with Gasteiger partial charge >= 0.3 is 6.18 Å². The highest BCUT2D eigenvalue weighted by molar-refractivity contribution is 5.84. The lowest BCUT2D eigenvalue weighted by Gasteiger charge is -2.22. The summed E-state index contributed by atoms with van der Waals surface area (Å²) >= 11 is 0. The maximum atomic E-state index is 13.4. The van der Waals surface area contributed by atoms with Crippen LogP contribution >= 0.6 is 0 Å². The predicted molar refractivity (Wildman–Crippen MR) is 116 cm³/mol. The Morgan fingerprint density at radius 3 is 2.67 bits per heavy atom. The number of benzene rings is 1. The Morgan fingerprint density at radius 1 is 1.21 bits per heavy atom. The van der Waals surface area contributed by atoms with Crippen LogP contribution in [0.2, 0.25) is 0 Å². The first-order valence-corrected chi connectivity index (χ1v) is 10.7. The molecule has 176 valence electrons. The first kappa shape index (κ1) is 23.0. The number of pyridine rings is 1. The van der Waals surface area contributed by atoms with E-state index in [0.29, 0.717) is 48.5 Å². The Morgan fingerprint density at radius 2 is 2.00 bits per heavy atom. The number of hydrogen-bond acceptors (Lipinski definition) is 5. The molecular weight excluding hydrogens is 437 g/mol. The average Bonchev–Trinajstić information content (AvgIpc) is 3.18. The number of fused-ring (bicyclic) bond motifs is 1. The van der Waals surface area contributed by atoms with Crippen molar-refractivity contribution in [3.8, 4) is 17.0 Å². The number of nitrogens with zero attached hydrogens (tertiary/aromatic N) is 3. The molecule has 10 heteroatoms. The standard InChI is InChI=1S/C23H25F3N4O3/c1-4-32-12-33-19-9-15(23(24,25)26)7-14(3)21(19)18-8-13(2)17-11-30(29-22(17)28-18)16-5-6-20(31)27-10-16/h7-9,11,16H,4-6,10,12H2,1-3H3,(H,27,31)/t16-/m1/s1. The van der Waals surface area contributed by atoms with Crippen LogP contribution in [0.25, 0.3) is 22.3 Å². The molecule has 0 aliphatic carbocycles. The highest BCUT2D eigenvalue weighted by Gasteiger charge is 2.32. The molecule has 0 unspecified atom stereocenters. The topological polar surface area (TPSA) is 78.3 Å². The molecule has 1 saturated heterocycles. The number of alkyl halides is 3. The highest BCUT2D eigenvalue weighted by Crippen LogP contribution is 2.40. The number of amides is 1. The van der Waals surface area contributed by atoms with Gasteiger partial charge in [0, 0.05) is 36.7 Å². The van der Waals surface area contributed by atoms with E-state index in [1.807, 2.05) is 19.2 Å². The summed E-state index contributed by atoms with van der Waals surface area (Å²) in [6.07, 6.45) is -1.49. The summed E-state index contributed by atoms with van der Waals surface area (Å²) in [5, 5.41) is 8.30. The van der Waals surface area contributed by atoms with Gasteiger partial charge in [0.25, 0.3) is 0 Å². The first-order valence-electron chi connectivity index (χ1n) is 10.7. The SMILES string of the molecule is CCOCOc1cc(C(F)(F)F)cc(C)c1-c1cc(C)c2cn([C@@H]3CCC(=O)NC3)nc2n1. The van der Waals surface area contributed by atoms with Gasteiger partial charge in [0.05, 0.1) is 17.3 Å². The van der Waals surface area contributed by atoms with E-state index in [1.54, 1.807) is 18.5 Å². The van der Waals surface area contributed by atoms with E-state index in [9.17, 15) is 18.0 Å². The van der Waals surface area contributed by atoms with Gasteiger partial charge in [0.15, 0.2) is 12.4 Å². The van der Waals surface area contributed by atoms with Gasteiger partial charge in [-0.05, 0) is 56.5 Å². The molecule has 2 aromatic heterocycles. The Bertz CT molecular complexity index is 1180. The second-order valence-corrected chi connectivity index (χ2v) is 8.09. The minimum Gasteiger partial charge on any atom is -0.467 e. The maximum Gasteiger partial charge on any atom is 0.416 e. The van der Waals surface area contributed by atoms with Crippen LogP contribution in [0, 0.1) is 13.8 Å². The molecule has 7 nitrogen and oxygen atoms in total. The molecule has 1 atom stereocenters. The summed E-state index contributed by atoms with van der Waals surface area (Å²) in [6.45, 7) is 5.97. The third-order valence-corrected chi connectivity index (χ3v) is 5.72. The third kappa shape index (κ3) is 4.80. The fraction of sp³-hybridized carbons (Fsp3) is 0.435. The molecular formula is C23H25F3N4O3. The molecule has 1 amide bonds. The fourth-order valence-corrected chi connectivity index (χ4v) is 3.98.